The van der Waals surface area contributed by atoms with Gasteiger partial charge in [0.1, 0.15) is 11.9 Å². The Morgan fingerprint density at radius 3 is 2.11 bits per heavy atom. The highest BCUT2D eigenvalue weighted by Crippen LogP contribution is 2.35. The third-order valence-electron chi connectivity index (χ3n) is 5.01. The molecule has 0 saturated carbocycles. The number of nitrogens with zero attached hydrogens (tertiary/aromatic N) is 1. The van der Waals surface area contributed by atoms with Gasteiger partial charge in [-0.15, -0.1) is 0 Å². The fourth-order valence-electron chi connectivity index (χ4n) is 3.71. The van der Waals surface area contributed by atoms with Crippen molar-refractivity contribution >= 4 is 11.6 Å². The molecule has 3 aromatic rings. The molecule has 1 aliphatic heterocycles. The summed E-state index contributed by atoms with van der Waals surface area (Å²) in [6.45, 7) is 2.58. The van der Waals surface area contributed by atoms with Crippen molar-refractivity contribution < 1.29 is 9.53 Å². The summed E-state index contributed by atoms with van der Waals surface area (Å²) in [5.41, 5.74) is 3.18. The lowest BCUT2D eigenvalue weighted by atomic mass is 9.88. The Labute approximate surface area is 160 Å². The zero-order chi connectivity index (χ0) is 18.6. The smallest absolute Gasteiger partial charge is 0.228 e. The fraction of sp³-hybridized carbons (Fsp3) is 0.208. The van der Waals surface area contributed by atoms with Crippen molar-refractivity contribution in [2.75, 3.05) is 11.4 Å². The summed E-state index contributed by atoms with van der Waals surface area (Å²) in [4.78, 5) is 15.2. The molecule has 4 rings (SSSR count). The molecule has 0 saturated heterocycles. The van der Waals surface area contributed by atoms with Gasteiger partial charge in [0.15, 0.2) is 0 Å². The number of benzene rings is 3. The van der Waals surface area contributed by atoms with Crippen molar-refractivity contribution in [1.82, 2.24) is 0 Å². The molecule has 0 N–H and O–H groups in total. The lowest BCUT2D eigenvalue weighted by Gasteiger charge is -2.34. The highest BCUT2D eigenvalue weighted by atomic mass is 16.5. The van der Waals surface area contributed by atoms with Crippen molar-refractivity contribution in [3.05, 3.63) is 96.1 Å². The maximum Gasteiger partial charge on any atom is 0.228 e. The summed E-state index contributed by atoms with van der Waals surface area (Å²) in [5, 5.41) is 0. The topological polar surface area (TPSA) is 29.5 Å². The molecule has 1 heterocycles. The first-order valence-corrected chi connectivity index (χ1v) is 9.38. The van der Waals surface area contributed by atoms with Crippen LogP contribution in [0.5, 0.6) is 5.75 Å². The molecule has 3 heteroatoms. The van der Waals surface area contributed by atoms with Crippen molar-refractivity contribution in [3.63, 3.8) is 0 Å². The van der Waals surface area contributed by atoms with Crippen LogP contribution < -0.4 is 9.64 Å². The molecular weight excluding hydrogens is 334 g/mol. The number of rotatable bonds is 4. The average Bonchev–Trinajstić information content (AvgIpc) is 2.72. The average molecular weight is 357 g/mol. The second-order valence-corrected chi connectivity index (χ2v) is 6.98. The standard InChI is InChI=1S/C24H23NO2/c1-18-17-25(22-14-8-9-15-23(22)27-18)24(26)16-21(19-10-4-2-5-11-19)20-12-6-3-7-13-20/h2-15,18,21H,16-17H2,1H3. The van der Waals surface area contributed by atoms with Gasteiger partial charge in [0.2, 0.25) is 5.91 Å². The Morgan fingerprint density at radius 1 is 0.926 bits per heavy atom. The third-order valence-corrected chi connectivity index (χ3v) is 5.01. The molecule has 0 spiro atoms. The third kappa shape index (κ3) is 3.72. The van der Waals surface area contributed by atoms with E-state index >= 15 is 0 Å². The Kier molecular flexibility index (Phi) is 4.93. The number of hydrogen-bond acceptors (Lipinski definition) is 2. The van der Waals surface area contributed by atoms with Gasteiger partial charge >= 0.3 is 0 Å². The number of para-hydroxylation sites is 2. The van der Waals surface area contributed by atoms with Gasteiger partial charge in [-0.25, -0.2) is 0 Å². The first-order chi connectivity index (χ1) is 13.2. The minimum absolute atomic E-state index is 0.0178. The molecule has 136 valence electrons. The van der Waals surface area contributed by atoms with Gasteiger partial charge in [0.25, 0.3) is 0 Å². The van der Waals surface area contributed by atoms with E-state index in [2.05, 4.69) is 24.3 Å². The second kappa shape index (κ2) is 7.67. The van der Waals surface area contributed by atoms with E-state index in [-0.39, 0.29) is 17.9 Å². The van der Waals surface area contributed by atoms with Crippen molar-refractivity contribution in [2.45, 2.75) is 25.4 Å². The van der Waals surface area contributed by atoms with Crippen LogP contribution in [-0.2, 0) is 4.79 Å². The Bertz CT molecular complexity index is 868. The van der Waals surface area contributed by atoms with Crippen LogP contribution in [0, 0.1) is 0 Å². The molecule has 0 aromatic heterocycles. The van der Waals surface area contributed by atoms with Crippen LogP contribution in [0.2, 0.25) is 0 Å². The molecule has 0 bridgehead atoms. The number of carbonyl (C=O) groups is 1. The molecular formula is C24H23NO2. The van der Waals surface area contributed by atoms with Crippen molar-refractivity contribution in [2.24, 2.45) is 0 Å². The van der Waals surface area contributed by atoms with Crippen LogP contribution in [0.25, 0.3) is 0 Å². The molecule has 3 aromatic carbocycles. The number of carbonyl (C=O) groups excluding carboxylic acids is 1. The van der Waals surface area contributed by atoms with Gasteiger partial charge in [-0.05, 0) is 30.2 Å². The highest BCUT2D eigenvalue weighted by molar-refractivity contribution is 5.96. The largest absolute Gasteiger partial charge is 0.487 e. The fourth-order valence-corrected chi connectivity index (χ4v) is 3.71. The van der Waals surface area contributed by atoms with E-state index in [0.29, 0.717) is 13.0 Å². The van der Waals surface area contributed by atoms with E-state index in [1.54, 1.807) is 0 Å². The molecule has 3 nitrogen and oxygen atoms in total. The number of ether oxygens (including phenoxy) is 1. The first kappa shape index (κ1) is 17.3. The highest BCUT2D eigenvalue weighted by Gasteiger charge is 2.29. The summed E-state index contributed by atoms with van der Waals surface area (Å²) in [7, 11) is 0. The van der Waals surface area contributed by atoms with Gasteiger partial charge in [-0.3, -0.25) is 4.79 Å². The Hall–Kier alpha value is -3.07. The van der Waals surface area contributed by atoms with Crippen LogP contribution in [0.15, 0.2) is 84.9 Å². The minimum atomic E-state index is -0.0178. The SMILES string of the molecule is CC1CN(C(=O)CC(c2ccccc2)c2ccccc2)c2ccccc2O1. The van der Waals surface area contributed by atoms with E-state index in [1.807, 2.05) is 72.5 Å². The molecule has 1 aliphatic rings. The van der Waals surface area contributed by atoms with Gasteiger partial charge in [-0.2, -0.15) is 0 Å². The second-order valence-electron chi connectivity index (χ2n) is 6.98. The molecule has 1 unspecified atom stereocenters. The molecule has 1 atom stereocenters. The normalized spacial score (nSPS) is 15.9. The lowest BCUT2D eigenvalue weighted by molar-refractivity contribution is -0.119. The molecule has 27 heavy (non-hydrogen) atoms. The number of anilines is 1. The van der Waals surface area contributed by atoms with E-state index < -0.39 is 0 Å². The van der Waals surface area contributed by atoms with Crippen LogP contribution >= 0.6 is 0 Å². The lowest BCUT2D eigenvalue weighted by Crippen LogP contribution is -2.42. The van der Waals surface area contributed by atoms with Crippen LogP contribution in [-0.4, -0.2) is 18.6 Å². The zero-order valence-corrected chi connectivity index (χ0v) is 15.4. The summed E-state index contributed by atoms with van der Waals surface area (Å²) in [5.74, 6) is 0.932. The maximum atomic E-state index is 13.3. The van der Waals surface area contributed by atoms with Gasteiger partial charge in [-0.1, -0.05) is 72.8 Å². The van der Waals surface area contributed by atoms with Crippen molar-refractivity contribution in [1.29, 1.82) is 0 Å². The van der Waals surface area contributed by atoms with E-state index in [9.17, 15) is 4.79 Å². The van der Waals surface area contributed by atoms with E-state index in [0.717, 1.165) is 22.6 Å². The Morgan fingerprint density at radius 2 is 1.48 bits per heavy atom. The quantitative estimate of drug-likeness (QED) is 0.656. The van der Waals surface area contributed by atoms with Gasteiger partial charge < -0.3 is 9.64 Å². The van der Waals surface area contributed by atoms with E-state index in [4.69, 9.17) is 4.74 Å². The predicted molar refractivity (Wildman–Crippen MR) is 108 cm³/mol. The first-order valence-electron chi connectivity index (χ1n) is 9.38. The molecule has 0 aliphatic carbocycles. The molecule has 0 fully saturated rings. The van der Waals surface area contributed by atoms with Gasteiger partial charge in [0.05, 0.1) is 12.2 Å². The summed E-state index contributed by atoms with van der Waals surface area (Å²) < 4.78 is 5.89. The number of hydrogen-bond donors (Lipinski definition) is 0. The van der Waals surface area contributed by atoms with Crippen LogP contribution in [0.4, 0.5) is 5.69 Å². The maximum absolute atomic E-state index is 13.3. The Balaban J connectivity index is 1.65. The van der Waals surface area contributed by atoms with E-state index in [1.165, 1.54) is 0 Å². The summed E-state index contributed by atoms with van der Waals surface area (Å²) >= 11 is 0. The minimum Gasteiger partial charge on any atom is -0.487 e. The van der Waals surface area contributed by atoms with Crippen LogP contribution in [0.1, 0.15) is 30.4 Å². The predicted octanol–water partition coefficient (Wildman–Crippen LogP) is 5.02. The summed E-state index contributed by atoms with van der Waals surface area (Å²) in [6, 6.07) is 28.3. The number of fused-ring (bicyclic) bond motifs is 1. The summed E-state index contributed by atoms with van der Waals surface area (Å²) in [6.07, 6.45) is 0.408. The van der Waals surface area contributed by atoms with Gasteiger partial charge in [0, 0.05) is 12.3 Å². The van der Waals surface area contributed by atoms with Crippen LogP contribution in [0.3, 0.4) is 0 Å². The zero-order valence-electron chi connectivity index (χ0n) is 15.4. The molecule has 1 amide bonds. The number of amides is 1. The monoisotopic (exact) mass is 357 g/mol. The van der Waals surface area contributed by atoms with Crippen molar-refractivity contribution in [3.8, 4) is 5.75 Å². The molecule has 0 radical (unpaired) electrons.